The van der Waals surface area contributed by atoms with Crippen molar-refractivity contribution in [1.82, 2.24) is 0 Å². The van der Waals surface area contributed by atoms with Crippen molar-refractivity contribution in [3.63, 3.8) is 0 Å². The van der Waals surface area contributed by atoms with E-state index in [1.165, 1.54) is 11.9 Å². The first kappa shape index (κ1) is 11.3. The average molecular weight is 215 g/mol. The zero-order valence-corrected chi connectivity index (χ0v) is 8.90. The third-order valence-corrected chi connectivity index (χ3v) is 2.71. The van der Waals surface area contributed by atoms with Crippen molar-refractivity contribution < 1.29 is 9.50 Å². The van der Waals surface area contributed by atoms with Gasteiger partial charge in [-0.3, -0.25) is 0 Å². The Kier molecular flexibility index (Phi) is 4.76. The highest BCUT2D eigenvalue weighted by atomic mass is 32.2. The van der Waals surface area contributed by atoms with Crippen LogP contribution in [0.3, 0.4) is 0 Å². The average Bonchev–Trinajstić information content (AvgIpc) is 2.21. The Morgan fingerprint density at radius 1 is 1.50 bits per heavy atom. The lowest BCUT2D eigenvalue weighted by Gasteiger charge is -2.07. The number of hydrogen-bond acceptors (Lipinski definition) is 3. The second kappa shape index (κ2) is 5.88. The van der Waals surface area contributed by atoms with Crippen molar-refractivity contribution in [1.29, 1.82) is 0 Å². The van der Waals surface area contributed by atoms with E-state index in [9.17, 15) is 4.39 Å². The van der Waals surface area contributed by atoms with Crippen LogP contribution in [0.15, 0.2) is 18.2 Å². The third-order valence-electron chi connectivity index (χ3n) is 1.74. The molecule has 2 N–H and O–H groups in total. The molecule has 0 amide bonds. The van der Waals surface area contributed by atoms with E-state index in [0.717, 1.165) is 12.2 Å². The Balaban J connectivity index is 2.66. The molecule has 0 atom stereocenters. The minimum Gasteiger partial charge on any atom is -0.392 e. The van der Waals surface area contributed by atoms with Gasteiger partial charge in [0.2, 0.25) is 0 Å². The summed E-state index contributed by atoms with van der Waals surface area (Å²) in [4.78, 5) is 0. The Morgan fingerprint density at radius 3 is 2.93 bits per heavy atom. The van der Waals surface area contributed by atoms with E-state index in [0.29, 0.717) is 11.3 Å². The van der Waals surface area contributed by atoms with Gasteiger partial charge in [0.05, 0.1) is 12.3 Å². The van der Waals surface area contributed by atoms with Gasteiger partial charge >= 0.3 is 0 Å². The number of nitrogens with one attached hydrogen (secondary N) is 1. The summed E-state index contributed by atoms with van der Waals surface area (Å²) in [5.74, 6) is 0.571. The van der Waals surface area contributed by atoms with Crippen molar-refractivity contribution in [2.75, 3.05) is 10.5 Å². The fourth-order valence-corrected chi connectivity index (χ4v) is 1.63. The predicted molar refractivity (Wildman–Crippen MR) is 58.7 cm³/mol. The van der Waals surface area contributed by atoms with Crippen molar-refractivity contribution in [2.45, 2.75) is 20.0 Å². The first-order valence-electron chi connectivity index (χ1n) is 4.55. The summed E-state index contributed by atoms with van der Waals surface area (Å²) in [5, 5.41) is 8.84. The molecule has 0 radical (unpaired) electrons. The van der Waals surface area contributed by atoms with Gasteiger partial charge in [0, 0.05) is 11.3 Å². The van der Waals surface area contributed by atoms with Crippen molar-refractivity contribution in [3.05, 3.63) is 29.6 Å². The molecule has 4 heteroatoms. The normalized spacial score (nSPS) is 10.2. The molecule has 1 aromatic rings. The topological polar surface area (TPSA) is 32.3 Å². The van der Waals surface area contributed by atoms with E-state index in [-0.39, 0.29) is 12.4 Å². The molecule has 0 aliphatic rings. The Bertz CT molecular complexity index is 293. The van der Waals surface area contributed by atoms with Crippen LogP contribution in [0.5, 0.6) is 0 Å². The summed E-state index contributed by atoms with van der Waals surface area (Å²) in [6.07, 6.45) is 1.04. The molecule has 0 aliphatic carbocycles. The number of rotatable bonds is 5. The number of halogens is 1. The predicted octanol–water partition coefficient (Wildman–Crippen LogP) is 2.79. The van der Waals surface area contributed by atoms with Crippen LogP contribution in [0.2, 0.25) is 0 Å². The maximum Gasteiger partial charge on any atom is 0.152 e. The van der Waals surface area contributed by atoms with Crippen molar-refractivity contribution in [3.8, 4) is 0 Å². The van der Waals surface area contributed by atoms with Gasteiger partial charge in [-0.05, 0) is 12.5 Å². The fourth-order valence-electron chi connectivity index (χ4n) is 1.01. The number of aliphatic hydroxyl groups is 1. The van der Waals surface area contributed by atoms with Gasteiger partial charge in [0.25, 0.3) is 0 Å². The molecule has 0 fully saturated rings. The summed E-state index contributed by atoms with van der Waals surface area (Å²) in [5.41, 5.74) is 0.766. The summed E-state index contributed by atoms with van der Waals surface area (Å²) in [6.45, 7) is 1.80. The Morgan fingerprint density at radius 2 is 2.29 bits per heavy atom. The molecule has 2 nitrogen and oxygen atoms in total. The monoisotopic (exact) mass is 215 g/mol. The van der Waals surface area contributed by atoms with Crippen LogP contribution in [0, 0.1) is 5.82 Å². The van der Waals surface area contributed by atoms with Crippen LogP contribution in [0.4, 0.5) is 10.1 Å². The van der Waals surface area contributed by atoms with Gasteiger partial charge in [0.15, 0.2) is 5.82 Å². The number of hydrogen-bond donors (Lipinski definition) is 2. The second-order valence-electron chi connectivity index (χ2n) is 2.89. The van der Waals surface area contributed by atoms with Crippen molar-refractivity contribution >= 4 is 17.6 Å². The third kappa shape index (κ3) is 2.89. The van der Waals surface area contributed by atoms with Crippen LogP contribution in [0.25, 0.3) is 0 Å². The van der Waals surface area contributed by atoms with E-state index in [2.05, 4.69) is 11.6 Å². The van der Waals surface area contributed by atoms with Gasteiger partial charge in [-0.15, -0.1) is 0 Å². The van der Waals surface area contributed by atoms with E-state index in [1.54, 1.807) is 18.2 Å². The zero-order valence-electron chi connectivity index (χ0n) is 8.09. The Labute approximate surface area is 87.7 Å². The van der Waals surface area contributed by atoms with Crippen LogP contribution in [-0.2, 0) is 6.61 Å². The van der Waals surface area contributed by atoms with Crippen LogP contribution in [0.1, 0.15) is 18.9 Å². The first-order chi connectivity index (χ1) is 6.79. The van der Waals surface area contributed by atoms with Crippen LogP contribution < -0.4 is 4.72 Å². The largest absolute Gasteiger partial charge is 0.392 e. The van der Waals surface area contributed by atoms with Gasteiger partial charge < -0.3 is 9.83 Å². The fraction of sp³-hybridized carbons (Fsp3) is 0.400. The number of benzene rings is 1. The van der Waals surface area contributed by atoms with Gasteiger partial charge in [-0.25, -0.2) is 4.39 Å². The molecule has 0 saturated carbocycles. The number of anilines is 1. The first-order valence-corrected chi connectivity index (χ1v) is 5.54. The zero-order chi connectivity index (χ0) is 10.4. The van der Waals surface area contributed by atoms with E-state index in [1.807, 2.05) is 0 Å². The molecule has 0 aromatic heterocycles. The summed E-state index contributed by atoms with van der Waals surface area (Å²) in [6, 6.07) is 4.96. The minimum absolute atomic E-state index is 0.264. The lowest BCUT2D eigenvalue weighted by atomic mass is 10.2. The van der Waals surface area contributed by atoms with E-state index >= 15 is 0 Å². The summed E-state index contributed by atoms with van der Waals surface area (Å²) in [7, 11) is 0. The van der Waals surface area contributed by atoms with Gasteiger partial charge in [-0.1, -0.05) is 31.0 Å². The molecule has 0 spiro atoms. The molecule has 1 rings (SSSR count). The second-order valence-corrected chi connectivity index (χ2v) is 3.79. The van der Waals surface area contributed by atoms with Crippen LogP contribution in [-0.4, -0.2) is 10.9 Å². The number of aliphatic hydroxyl groups excluding tert-OH is 1. The molecule has 0 aliphatic heterocycles. The lowest BCUT2D eigenvalue weighted by Crippen LogP contribution is -1.96. The minimum atomic E-state index is -0.362. The molecule has 0 heterocycles. The highest BCUT2D eigenvalue weighted by Crippen LogP contribution is 2.20. The SMILES string of the molecule is CCCSNc1cccc(CO)c1F. The van der Waals surface area contributed by atoms with Crippen LogP contribution >= 0.6 is 11.9 Å². The molecule has 0 bridgehead atoms. The molecule has 78 valence electrons. The summed E-state index contributed by atoms with van der Waals surface area (Å²) < 4.78 is 16.4. The molecule has 14 heavy (non-hydrogen) atoms. The highest BCUT2D eigenvalue weighted by Gasteiger charge is 2.05. The quantitative estimate of drug-likeness (QED) is 0.585. The highest BCUT2D eigenvalue weighted by molar-refractivity contribution is 8.00. The Hall–Kier alpha value is -0.740. The molecule has 0 unspecified atom stereocenters. The molecule has 0 saturated heterocycles. The van der Waals surface area contributed by atoms with Gasteiger partial charge in [0.1, 0.15) is 0 Å². The maximum absolute atomic E-state index is 13.5. The molecular formula is C10H14FNOS. The maximum atomic E-state index is 13.5. The molecular weight excluding hydrogens is 201 g/mol. The van der Waals surface area contributed by atoms with Gasteiger partial charge in [-0.2, -0.15) is 0 Å². The summed E-state index contributed by atoms with van der Waals surface area (Å²) >= 11 is 1.47. The lowest BCUT2D eigenvalue weighted by molar-refractivity contribution is 0.276. The van der Waals surface area contributed by atoms with E-state index < -0.39 is 0 Å². The van der Waals surface area contributed by atoms with Crippen molar-refractivity contribution in [2.24, 2.45) is 0 Å². The standard InChI is InChI=1S/C10H14FNOS/c1-2-6-14-12-9-5-3-4-8(7-13)10(9)11/h3-5,12-13H,2,6-7H2,1H3. The smallest absolute Gasteiger partial charge is 0.152 e. The molecule has 1 aromatic carbocycles. The van der Waals surface area contributed by atoms with E-state index in [4.69, 9.17) is 5.11 Å².